The molecule has 1 aliphatic rings. The molecule has 2 N–H and O–H groups in total. The molecule has 0 fully saturated rings. The Morgan fingerprint density at radius 1 is 1.15 bits per heavy atom. The van der Waals surface area contributed by atoms with Gasteiger partial charge in [0.2, 0.25) is 0 Å². The van der Waals surface area contributed by atoms with Gasteiger partial charge in [-0.15, -0.1) is 0 Å². The molecule has 0 radical (unpaired) electrons. The summed E-state index contributed by atoms with van der Waals surface area (Å²) >= 11 is 9.33. The number of hydrogen-bond acceptors (Lipinski definition) is 3. The Bertz CT molecular complexity index is 932. The van der Waals surface area contributed by atoms with E-state index in [1.165, 1.54) is 4.90 Å². The van der Waals surface area contributed by atoms with Crippen LogP contribution in [0.25, 0.3) is 0 Å². The second-order valence-electron chi connectivity index (χ2n) is 6.10. The summed E-state index contributed by atoms with van der Waals surface area (Å²) in [4.78, 5) is 37.9. The fourth-order valence-corrected chi connectivity index (χ4v) is 3.35. The molecule has 2 aromatic carbocycles. The molecule has 27 heavy (non-hydrogen) atoms. The number of carbonyl (C=O) groups is 3. The van der Waals surface area contributed by atoms with Crippen molar-refractivity contribution >= 4 is 51.1 Å². The molecule has 0 spiro atoms. The number of halogens is 2. The molecule has 0 saturated carbocycles. The van der Waals surface area contributed by atoms with E-state index in [-0.39, 0.29) is 24.4 Å². The van der Waals surface area contributed by atoms with Gasteiger partial charge in [0.1, 0.15) is 0 Å². The molecule has 0 unspecified atom stereocenters. The fourth-order valence-electron chi connectivity index (χ4n) is 2.81. The average Bonchev–Trinajstić information content (AvgIpc) is 2.86. The maximum absolute atomic E-state index is 12.4. The number of amides is 4. The summed E-state index contributed by atoms with van der Waals surface area (Å²) in [5, 5.41) is 6.02. The van der Waals surface area contributed by atoms with Gasteiger partial charge in [0, 0.05) is 28.3 Å². The van der Waals surface area contributed by atoms with Gasteiger partial charge in [-0.3, -0.25) is 14.5 Å². The molecule has 4 amide bonds. The molecule has 6 nitrogen and oxygen atoms in total. The summed E-state index contributed by atoms with van der Waals surface area (Å²) in [6.45, 7) is 2.38. The Balaban J connectivity index is 1.49. The molecule has 2 aromatic rings. The van der Waals surface area contributed by atoms with Gasteiger partial charge >= 0.3 is 6.03 Å². The molecule has 140 valence electrons. The van der Waals surface area contributed by atoms with Crippen LogP contribution in [-0.4, -0.2) is 35.8 Å². The van der Waals surface area contributed by atoms with E-state index in [9.17, 15) is 14.4 Å². The molecular formula is C19H17BrClN3O3. The third-order valence-corrected chi connectivity index (χ3v) is 5.20. The van der Waals surface area contributed by atoms with Gasteiger partial charge in [-0.1, -0.05) is 33.6 Å². The van der Waals surface area contributed by atoms with Crippen LogP contribution in [0.4, 0.5) is 10.5 Å². The first-order valence-corrected chi connectivity index (χ1v) is 9.51. The maximum atomic E-state index is 12.4. The minimum Gasteiger partial charge on any atom is -0.338 e. The fraction of sp³-hybridized carbons (Fsp3) is 0.211. The number of benzene rings is 2. The van der Waals surface area contributed by atoms with Crippen molar-refractivity contribution in [1.29, 1.82) is 0 Å². The Morgan fingerprint density at radius 2 is 1.89 bits per heavy atom. The summed E-state index contributed by atoms with van der Waals surface area (Å²) in [6.07, 6.45) is 0.453. The van der Waals surface area contributed by atoms with Crippen LogP contribution >= 0.6 is 27.5 Å². The predicted molar refractivity (Wildman–Crippen MR) is 107 cm³/mol. The van der Waals surface area contributed by atoms with Crippen LogP contribution in [0.2, 0.25) is 5.02 Å². The van der Waals surface area contributed by atoms with Crippen LogP contribution in [0.1, 0.15) is 32.7 Å². The molecule has 1 aliphatic heterocycles. The highest BCUT2D eigenvalue weighted by Crippen LogP contribution is 2.26. The number of carbonyl (C=O) groups excluding carboxylic acids is 3. The summed E-state index contributed by atoms with van der Waals surface area (Å²) in [6, 6.07) is 9.92. The summed E-state index contributed by atoms with van der Waals surface area (Å²) in [7, 11) is 0. The van der Waals surface area contributed by atoms with E-state index in [1.54, 1.807) is 36.4 Å². The highest BCUT2D eigenvalue weighted by Gasteiger charge is 2.34. The van der Waals surface area contributed by atoms with Gasteiger partial charge in [-0.05, 0) is 49.2 Å². The lowest BCUT2D eigenvalue weighted by atomic mass is 10.1. The van der Waals surface area contributed by atoms with Gasteiger partial charge in [-0.2, -0.15) is 0 Å². The topological polar surface area (TPSA) is 78.5 Å². The Morgan fingerprint density at radius 3 is 2.67 bits per heavy atom. The van der Waals surface area contributed by atoms with E-state index in [4.69, 9.17) is 11.6 Å². The number of nitrogens with zero attached hydrogens (tertiary/aromatic N) is 1. The van der Waals surface area contributed by atoms with Crippen LogP contribution in [-0.2, 0) is 0 Å². The van der Waals surface area contributed by atoms with Crippen molar-refractivity contribution in [3.8, 4) is 0 Å². The predicted octanol–water partition coefficient (Wildman–Crippen LogP) is 4.22. The molecule has 0 aromatic heterocycles. The van der Waals surface area contributed by atoms with Crippen LogP contribution < -0.4 is 10.6 Å². The first-order chi connectivity index (χ1) is 12.9. The van der Waals surface area contributed by atoms with Crippen molar-refractivity contribution in [3.63, 3.8) is 0 Å². The van der Waals surface area contributed by atoms with Gasteiger partial charge in [-0.25, -0.2) is 4.79 Å². The molecule has 0 atom stereocenters. The quantitative estimate of drug-likeness (QED) is 0.529. The first kappa shape index (κ1) is 19.4. The van der Waals surface area contributed by atoms with Gasteiger partial charge in [0.05, 0.1) is 11.1 Å². The minimum atomic E-state index is -0.369. The first-order valence-electron chi connectivity index (χ1n) is 8.34. The van der Waals surface area contributed by atoms with E-state index < -0.39 is 0 Å². The van der Waals surface area contributed by atoms with Crippen LogP contribution in [0, 0.1) is 6.92 Å². The number of fused-ring (bicyclic) bond motifs is 1. The van der Waals surface area contributed by atoms with Crippen molar-refractivity contribution in [2.45, 2.75) is 13.3 Å². The number of urea groups is 1. The molecule has 0 saturated heterocycles. The molecule has 8 heteroatoms. The highest BCUT2D eigenvalue weighted by molar-refractivity contribution is 9.10. The third-order valence-electron chi connectivity index (χ3n) is 4.29. The average molecular weight is 451 g/mol. The number of nitrogens with one attached hydrogen (secondary N) is 2. The second kappa shape index (κ2) is 8.10. The Hall–Kier alpha value is -2.38. The third kappa shape index (κ3) is 4.14. The van der Waals surface area contributed by atoms with Crippen molar-refractivity contribution < 1.29 is 14.4 Å². The lowest BCUT2D eigenvalue weighted by Crippen LogP contribution is -2.35. The SMILES string of the molecule is Cc1c(Cl)cccc1NC(=O)NCCCN1C(=O)c2ccc(Br)cc2C1=O. The van der Waals surface area contributed by atoms with E-state index in [0.29, 0.717) is 34.8 Å². The zero-order valence-electron chi connectivity index (χ0n) is 14.5. The summed E-state index contributed by atoms with van der Waals surface area (Å²) in [5.74, 6) is -0.614. The Labute approximate surface area is 170 Å². The zero-order valence-corrected chi connectivity index (χ0v) is 16.9. The normalized spacial score (nSPS) is 12.9. The molecule has 1 heterocycles. The second-order valence-corrected chi connectivity index (χ2v) is 7.42. The van der Waals surface area contributed by atoms with Gasteiger partial charge in [0.25, 0.3) is 11.8 Å². The largest absolute Gasteiger partial charge is 0.338 e. The molecule has 0 aliphatic carbocycles. The van der Waals surface area contributed by atoms with Gasteiger partial charge in [0.15, 0.2) is 0 Å². The van der Waals surface area contributed by atoms with Crippen LogP contribution in [0.15, 0.2) is 40.9 Å². The monoisotopic (exact) mass is 449 g/mol. The number of anilines is 1. The number of rotatable bonds is 5. The van der Waals surface area contributed by atoms with E-state index in [1.807, 2.05) is 6.92 Å². The lowest BCUT2D eigenvalue weighted by molar-refractivity contribution is 0.0653. The van der Waals surface area contributed by atoms with Crippen molar-refractivity contribution in [3.05, 3.63) is 62.6 Å². The number of imide groups is 1. The molecule has 0 bridgehead atoms. The van der Waals surface area contributed by atoms with E-state index in [0.717, 1.165) is 10.0 Å². The lowest BCUT2D eigenvalue weighted by Gasteiger charge is -2.14. The number of hydrogen-bond donors (Lipinski definition) is 2. The van der Waals surface area contributed by atoms with E-state index >= 15 is 0 Å². The zero-order chi connectivity index (χ0) is 19.6. The molecular weight excluding hydrogens is 434 g/mol. The highest BCUT2D eigenvalue weighted by atomic mass is 79.9. The minimum absolute atomic E-state index is 0.237. The Kier molecular flexibility index (Phi) is 5.82. The molecule has 3 rings (SSSR count). The van der Waals surface area contributed by atoms with Crippen molar-refractivity contribution in [2.24, 2.45) is 0 Å². The summed E-state index contributed by atoms with van der Waals surface area (Å²) in [5.41, 5.74) is 2.22. The summed E-state index contributed by atoms with van der Waals surface area (Å²) < 4.78 is 0.749. The van der Waals surface area contributed by atoms with Crippen molar-refractivity contribution in [2.75, 3.05) is 18.4 Å². The maximum Gasteiger partial charge on any atom is 0.319 e. The van der Waals surface area contributed by atoms with E-state index in [2.05, 4.69) is 26.6 Å². The van der Waals surface area contributed by atoms with Crippen LogP contribution in [0.3, 0.4) is 0 Å². The smallest absolute Gasteiger partial charge is 0.319 e. The van der Waals surface area contributed by atoms with Crippen LogP contribution in [0.5, 0.6) is 0 Å². The standard InChI is InChI=1S/C19H17BrClN3O3/c1-11-15(21)4-2-5-16(11)23-19(27)22-8-3-9-24-17(25)13-7-6-12(20)10-14(13)18(24)26/h2,4-7,10H,3,8-9H2,1H3,(H2,22,23,27). The van der Waals surface area contributed by atoms with Crippen molar-refractivity contribution in [1.82, 2.24) is 10.2 Å². The van der Waals surface area contributed by atoms with Gasteiger partial charge < -0.3 is 10.6 Å².